The van der Waals surface area contributed by atoms with Gasteiger partial charge in [-0.3, -0.25) is 4.98 Å². The number of isothiocyanates is 1. The highest BCUT2D eigenvalue weighted by Gasteiger charge is 2.25. The molecule has 0 bridgehead atoms. The molecule has 2 rings (SSSR count). The molecule has 0 fully saturated rings. The summed E-state index contributed by atoms with van der Waals surface area (Å²) in [7, 11) is 0. The molecule has 2 atom stereocenters. The molecule has 0 radical (unpaired) electrons. The van der Waals surface area contributed by atoms with Crippen LogP contribution in [0.2, 0.25) is 0 Å². The number of carbonyl (C=O) groups is 1. The topological polar surface area (TPSA) is 74.6 Å². The SMILES string of the molecule is CC1=C[C@H](NC(=O)O)C[C@H](c2ccncc2N=C=S)C1. The largest absolute Gasteiger partial charge is 0.465 e. The Bertz CT molecular complexity index is 594. The van der Waals surface area contributed by atoms with Gasteiger partial charge in [0.25, 0.3) is 0 Å². The van der Waals surface area contributed by atoms with Crippen LogP contribution in [-0.4, -0.2) is 27.4 Å². The van der Waals surface area contributed by atoms with Crippen LogP contribution < -0.4 is 5.32 Å². The maximum absolute atomic E-state index is 10.8. The normalized spacial score (nSPS) is 21.6. The fraction of sp³-hybridized carbons (Fsp3) is 0.357. The van der Waals surface area contributed by atoms with Crippen LogP contribution in [0.4, 0.5) is 10.5 Å². The molecule has 5 nitrogen and oxygen atoms in total. The van der Waals surface area contributed by atoms with E-state index in [4.69, 9.17) is 5.11 Å². The Labute approximate surface area is 122 Å². The third kappa shape index (κ3) is 3.50. The number of carboxylic acid groups (broad SMARTS) is 1. The van der Waals surface area contributed by atoms with Crippen LogP contribution in [0, 0.1) is 0 Å². The average molecular weight is 289 g/mol. The molecular weight excluding hydrogens is 274 g/mol. The average Bonchev–Trinajstić information content (AvgIpc) is 2.38. The summed E-state index contributed by atoms with van der Waals surface area (Å²) in [5.41, 5.74) is 2.90. The molecule has 2 N–H and O–H groups in total. The summed E-state index contributed by atoms with van der Waals surface area (Å²) in [6.45, 7) is 2.01. The third-order valence-corrected chi connectivity index (χ3v) is 3.43. The minimum Gasteiger partial charge on any atom is -0.465 e. The van der Waals surface area contributed by atoms with E-state index in [9.17, 15) is 4.79 Å². The summed E-state index contributed by atoms with van der Waals surface area (Å²) in [5, 5.41) is 13.7. The second-order valence-corrected chi connectivity index (χ2v) is 5.03. The zero-order valence-electron chi connectivity index (χ0n) is 11.0. The lowest BCUT2D eigenvalue weighted by molar-refractivity contribution is 0.190. The molecule has 104 valence electrons. The number of hydrogen-bond donors (Lipinski definition) is 2. The number of nitrogens with zero attached hydrogens (tertiary/aromatic N) is 2. The first-order valence-corrected chi connectivity index (χ1v) is 6.69. The minimum atomic E-state index is -1.01. The van der Waals surface area contributed by atoms with Crippen LogP contribution in [0.15, 0.2) is 35.1 Å². The Kier molecular flexibility index (Phi) is 4.61. The fourth-order valence-corrected chi connectivity index (χ4v) is 2.74. The Morgan fingerprint density at radius 3 is 3.15 bits per heavy atom. The lowest BCUT2D eigenvalue weighted by Crippen LogP contribution is -2.35. The van der Waals surface area contributed by atoms with Gasteiger partial charge in [0.05, 0.1) is 23.1 Å². The molecular formula is C14H15N3O2S. The monoisotopic (exact) mass is 289 g/mol. The van der Waals surface area contributed by atoms with Crippen molar-refractivity contribution >= 4 is 29.2 Å². The molecule has 1 aromatic rings. The zero-order chi connectivity index (χ0) is 14.5. The van der Waals surface area contributed by atoms with Crippen molar-refractivity contribution in [2.75, 3.05) is 0 Å². The number of allylic oxidation sites excluding steroid dienone is 1. The summed E-state index contributed by atoms with van der Waals surface area (Å²) in [6.07, 6.45) is 5.91. The van der Waals surface area contributed by atoms with Crippen molar-refractivity contribution in [1.82, 2.24) is 10.3 Å². The van der Waals surface area contributed by atoms with Gasteiger partial charge in [-0.15, -0.1) is 0 Å². The molecule has 0 aromatic carbocycles. The Morgan fingerprint density at radius 1 is 1.65 bits per heavy atom. The predicted molar refractivity (Wildman–Crippen MR) is 79.6 cm³/mol. The summed E-state index contributed by atoms with van der Waals surface area (Å²) in [6, 6.07) is 1.73. The second kappa shape index (κ2) is 6.41. The first-order chi connectivity index (χ1) is 9.60. The van der Waals surface area contributed by atoms with E-state index in [1.54, 1.807) is 12.4 Å². The second-order valence-electron chi connectivity index (χ2n) is 4.84. The van der Waals surface area contributed by atoms with Gasteiger partial charge in [0.2, 0.25) is 0 Å². The van der Waals surface area contributed by atoms with E-state index in [0.717, 1.165) is 17.6 Å². The number of aliphatic imine (C=N–C) groups is 1. The highest BCUT2D eigenvalue weighted by Crippen LogP contribution is 2.37. The predicted octanol–water partition coefficient (Wildman–Crippen LogP) is 3.28. The molecule has 1 heterocycles. The fourth-order valence-electron chi connectivity index (χ4n) is 2.64. The van der Waals surface area contributed by atoms with Crippen LogP contribution in [0.25, 0.3) is 0 Å². The number of pyridine rings is 1. The molecule has 20 heavy (non-hydrogen) atoms. The maximum Gasteiger partial charge on any atom is 0.405 e. The van der Waals surface area contributed by atoms with E-state index in [1.165, 1.54) is 0 Å². The van der Waals surface area contributed by atoms with Gasteiger partial charge in [-0.2, -0.15) is 4.99 Å². The summed E-state index contributed by atoms with van der Waals surface area (Å²) < 4.78 is 0. The van der Waals surface area contributed by atoms with E-state index in [2.05, 4.69) is 32.7 Å². The summed E-state index contributed by atoms with van der Waals surface area (Å²) >= 11 is 4.65. The van der Waals surface area contributed by atoms with Crippen LogP contribution >= 0.6 is 12.2 Å². The maximum atomic E-state index is 10.8. The number of nitrogens with one attached hydrogen (secondary N) is 1. The number of rotatable bonds is 3. The molecule has 0 saturated heterocycles. The molecule has 0 unspecified atom stereocenters. The van der Waals surface area contributed by atoms with E-state index >= 15 is 0 Å². The smallest absolute Gasteiger partial charge is 0.405 e. The number of amides is 1. The van der Waals surface area contributed by atoms with Crippen molar-refractivity contribution in [3.63, 3.8) is 0 Å². The van der Waals surface area contributed by atoms with Crippen molar-refractivity contribution in [3.8, 4) is 0 Å². The van der Waals surface area contributed by atoms with Gasteiger partial charge in [-0.1, -0.05) is 11.6 Å². The molecule has 6 heteroatoms. The van der Waals surface area contributed by atoms with Crippen LogP contribution in [-0.2, 0) is 0 Å². The Morgan fingerprint density at radius 2 is 2.45 bits per heavy atom. The zero-order valence-corrected chi connectivity index (χ0v) is 11.9. The van der Waals surface area contributed by atoms with Gasteiger partial charge < -0.3 is 10.4 Å². The van der Waals surface area contributed by atoms with E-state index in [-0.39, 0.29) is 12.0 Å². The number of aromatic nitrogens is 1. The van der Waals surface area contributed by atoms with E-state index in [0.29, 0.717) is 12.1 Å². The molecule has 0 spiro atoms. The third-order valence-electron chi connectivity index (χ3n) is 3.34. The van der Waals surface area contributed by atoms with Gasteiger partial charge in [0, 0.05) is 6.20 Å². The van der Waals surface area contributed by atoms with E-state index in [1.807, 2.05) is 19.1 Å². The number of thiocarbonyl (C=S) groups is 1. The number of hydrogen-bond acceptors (Lipinski definition) is 4. The van der Waals surface area contributed by atoms with Crippen molar-refractivity contribution in [2.24, 2.45) is 4.99 Å². The Hall–Kier alpha value is -2.04. The standard InChI is InChI=1S/C14H15N3O2S/c1-9-4-10(6-11(5-9)17-14(18)19)12-2-3-15-7-13(12)16-8-20/h2-3,5,7,10-11,17H,4,6H2,1H3,(H,18,19)/t10-,11+/m1/s1. The van der Waals surface area contributed by atoms with Gasteiger partial charge in [-0.25, -0.2) is 4.79 Å². The molecule has 0 aliphatic heterocycles. The molecule has 1 aromatic heterocycles. The first-order valence-electron chi connectivity index (χ1n) is 6.28. The van der Waals surface area contributed by atoms with Crippen LogP contribution in [0.1, 0.15) is 31.2 Å². The highest BCUT2D eigenvalue weighted by atomic mass is 32.1. The quantitative estimate of drug-likeness (QED) is 0.509. The van der Waals surface area contributed by atoms with Gasteiger partial charge in [0.1, 0.15) is 0 Å². The lowest BCUT2D eigenvalue weighted by Gasteiger charge is -2.28. The van der Waals surface area contributed by atoms with Crippen molar-refractivity contribution in [2.45, 2.75) is 31.7 Å². The minimum absolute atomic E-state index is 0.177. The molecule has 1 aliphatic rings. The van der Waals surface area contributed by atoms with Gasteiger partial charge in [-0.05, 0) is 49.5 Å². The molecule has 1 aliphatic carbocycles. The summed E-state index contributed by atoms with van der Waals surface area (Å²) in [5.74, 6) is 0.196. The van der Waals surface area contributed by atoms with Crippen molar-refractivity contribution in [1.29, 1.82) is 0 Å². The van der Waals surface area contributed by atoms with Gasteiger partial charge in [0.15, 0.2) is 0 Å². The first kappa shape index (κ1) is 14.4. The summed E-state index contributed by atoms with van der Waals surface area (Å²) in [4.78, 5) is 18.9. The Balaban J connectivity index is 2.27. The van der Waals surface area contributed by atoms with Crippen LogP contribution in [0.5, 0.6) is 0 Å². The lowest BCUT2D eigenvalue weighted by atomic mass is 9.82. The van der Waals surface area contributed by atoms with Crippen molar-refractivity contribution in [3.05, 3.63) is 35.7 Å². The highest BCUT2D eigenvalue weighted by molar-refractivity contribution is 7.78. The molecule has 1 amide bonds. The van der Waals surface area contributed by atoms with Crippen LogP contribution in [0.3, 0.4) is 0 Å². The molecule has 0 saturated carbocycles. The van der Waals surface area contributed by atoms with Crippen molar-refractivity contribution < 1.29 is 9.90 Å². The van der Waals surface area contributed by atoms with E-state index < -0.39 is 6.09 Å². The van der Waals surface area contributed by atoms with Gasteiger partial charge >= 0.3 is 6.09 Å².